The lowest BCUT2D eigenvalue weighted by atomic mass is 10.4. The Balaban J connectivity index is 4.73. The number of hydrogen-bond donors (Lipinski definition) is 3. The maximum absolute atomic E-state index is 12.5. The van der Waals surface area contributed by atoms with Crippen molar-refractivity contribution >= 4 is 19.4 Å². The third-order valence-electron chi connectivity index (χ3n) is 2.41. The van der Waals surface area contributed by atoms with Gasteiger partial charge in [0, 0.05) is 0 Å². The lowest BCUT2D eigenvalue weighted by molar-refractivity contribution is -0.149. The summed E-state index contributed by atoms with van der Waals surface area (Å²) in [5.41, 5.74) is 0. The molecular formula is C13H27N2O6P. The topological polar surface area (TPSA) is 114 Å². The van der Waals surface area contributed by atoms with Crippen molar-refractivity contribution in [2.24, 2.45) is 0 Å². The van der Waals surface area contributed by atoms with Crippen LogP contribution in [0.4, 0.5) is 0 Å². The number of nitrogens with one attached hydrogen (secondary N) is 2. The molecular weight excluding hydrogens is 311 g/mol. The average molecular weight is 338 g/mol. The van der Waals surface area contributed by atoms with Gasteiger partial charge in [-0.15, -0.1) is 0 Å². The number of hydrogen-bond acceptors (Lipinski definition) is 6. The first-order valence-corrected chi connectivity index (χ1v) is 9.06. The predicted molar refractivity (Wildman–Crippen MR) is 82.3 cm³/mol. The van der Waals surface area contributed by atoms with Crippen LogP contribution in [0.5, 0.6) is 0 Å². The Labute approximate surface area is 131 Å². The van der Waals surface area contributed by atoms with Crippen molar-refractivity contribution in [1.82, 2.24) is 10.2 Å². The molecule has 0 fully saturated rings. The summed E-state index contributed by atoms with van der Waals surface area (Å²) in [5, 5.41) is 14.3. The second-order valence-electron chi connectivity index (χ2n) is 5.55. The van der Waals surface area contributed by atoms with E-state index in [-0.39, 0.29) is 12.2 Å². The fourth-order valence-corrected chi connectivity index (χ4v) is 3.22. The SMILES string of the molecule is CC(C)OC(=O)[C@H](C)NP(=O)(CO)N[C@@H](C)C(=O)OC(C)C. The van der Waals surface area contributed by atoms with Crippen molar-refractivity contribution in [3.05, 3.63) is 0 Å². The molecule has 0 amide bonds. The molecule has 0 spiro atoms. The molecule has 130 valence electrons. The second-order valence-corrected chi connectivity index (χ2v) is 7.83. The molecule has 0 saturated carbocycles. The first-order valence-electron chi connectivity index (χ1n) is 7.17. The summed E-state index contributed by atoms with van der Waals surface area (Å²) in [4.78, 5) is 23.4. The molecule has 22 heavy (non-hydrogen) atoms. The highest BCUT2D eigenvalue weighted by atomic mass is 31.2. The number of aliphatic hydroxyl groups is 1. The molecule has 0 aromatic carbocycles. The third kappa shape index (κ3) is 7.89. The normalized spacial score (nSPS) is 14.8. The van der Waals surface area contributed by atoms with Crippen LogP contribution in [0.1, 0.15) is 41.5 Å². The van der Waals surface area contributed by atoms with Crippen molar-refractivity contribution in [3.63, 3.8) is 0 Å². The highest BCUT2D eigenvalue weighted by molar-refractivity contribution is 7.59. The van der Waals surface area contributed by atoms with Gasteiger partial charge in [0.2, 0.25) is 7.44 Å². The minimum atomic E-state index is -3.55. The van der Waals surface area contributed by atoms with Gasteiger partial charge in [0.25, 0.3) is 0 Å². The van der Waals surface area contributed by atoms with Crippen molar-refractivity contribution in [2.75, 3.05) is 6.35 Å². The molecule has 0 aromatic rings. The number of aliphatic hydroxyl groups excluding tert-OH is 1. The van der Waals surface area contributed by atoms with E-state index in [2.05, 4.69) is 10.2 Å². The van der Waals surface area contributed by atoms with Gasteiger partial charge in [-0.05, 0) is 41.5 Å². The zero-order valence-corrected chi connectivity index (χ0v) is 14.8. The van der Waals surface area contributed by atoms with Crippen LogP contribution in [0.15, 0.2) is 0 Å². The minimum absolute atomic E-state index is 0.307. The van der Waals surface area contributed by atoms with Gasteiger partial charge in [-0.1, -0.05) is 0 Å². The van der Waals surface area contributed by atoms with Crippen LogP contribution in [-0.2, 0) is 23.6 Å². The maximum atomic E-state index is 12.5. The Bertz CT molecular complexity index is 393. The predicted octanol–water partition coefficient (Wildman–Crippen LogP) is 0.989. The van der Waals surface area contributed by atoms with Gasteiger partial charge in [0.1, 0.15) is 18.4 Å². The molecule has 0 radical (unpaired) electrons. The Hall–Kier alpha value is -0.950. The molecule has 0 aromatic heterocycles. The van der Waals surface area contributed by atoms with E-state index in [1.165, 1.54) is 13.8 Å². The van der Waals surface area contributed by atoms with E-state index in [1.54, 1.807) is 27.7 Å². The molecule has 0 aliphatic rings. The number of carbonyl (C=O) groups is 2. The Morgan fingerprint density at radius 2 is 1.23 bits per heavy atom. The third-order valence-corrected chi connectivity index (χ3v) is 4.42. The Morgan fingerprint density at radius 1 is 0.909 bits per heavy atom. The fraction of sp³-hybridized carbons (Fsp3) is 0.846. The standard InChI is InChI=1S/C13H27N2O6P/c1-8(2)20-12(17)10(5)14-22(19,7-16)15-11(6)13(18)21-9(3)4/h8-11,16H,7H2,1-6H3,(H2,14,15,19)/t10-,11-/m0/s1. The van der Waals surface area contributed by atoms with E-state index in [1.807, 2.05) is 0 Å². The van der Waals surface area contributed by atoms with Gasteiger partial charge in [-0.3, -0.25) is 14.2 Å². The molecule has 8 nitrogen and oxygen atoms in total. The van der Waals surface area contributed by atoms with Gasteiger partial charge < -0.3 is 14.6 Å². The summed E-state index contributed by atoms with van der Waals surface area (Å²) >= 11 is 0. The van der Waals surface area contributed by atoms with Gasteiger partial charge in [0.05, 0.1) is 12.2 Å². The van der Waals surface area contributed by atoms with Crippen LogP contribution in [0, 0.1) is 0 Å². The van der Waals surface area contributed by atoms with Gasteiger partial charge >= 0.3 is 11.9 Å². The Kier molecular flexibility index (Phi) is 8.85. The van der Waals surface area contributed by atoms with Crippen molar-refractivity contribution in [2.45, 2.75) is 65.8 Å². The summed E-state index contributed by atoms with van der Waals surface area (Å²) in [5.74, 6) is -1.19. The molecule has 0 aliphatic heterocycles. The fourth-order valence-electron chi connectivity index (χ4n) is 1.52. The number of carbonyl (C=O) groups excluding carboxylic acids is 2. The largest absolute Gasteiger partial charge is 0.462 e. The van der Waals surface area contributed by atoms with Crippen LogP contribution in [-0.4, -0.2) is 47.7 Å². The smallest absolute Gasteiger partial charge is 0.323 e. The number of esters is 2. The minimum Gasteiger partial charge on any atom is -0.462 e. The number of rotatable bonds is 9. The maximum Gasteiger partial charge on any atom is 0.323 e. The van der Waals surface area contributed by atoms with Crippen molar-refractivity contribution < 1.29 is 28.7 Å². The summed E-state index contributed by atoms with van der Waals surface area (Å²) < 4.78 is 22.5. The van der Waals surface area contributed by atoms with Crippen LogP contribution in [0.2, 0.25) is 0 Å². The van der Waals surface area contributed by atoms with Crippen molar-refractivity contribution in [1.29, 1.82) is 0 Å². The van der Waals surface area contributed by atoms with Crippen molar-refractivity contribution in [3.8, 4) is 0 Å². The average Bonchev–Trinajstić information content (AvgIpc) is 2.36. The molecule has 0 aliphatic carbocycles. The summed E-state index contributed by atoms with van der Waals surface area (Å²) in [6, 6.07) is -1.80. The van der Waals surface area contributed by atoms with E-state index in [4.69, 9.17) is 9.47 Å². The second kappa shape index (κ2) is 9.25. The zero-order chi connectivity index (χ0) is 17.5. The lowest BCUT2D eigenvalue weighted by Gasteiger charge is -2.25. The van der Waals surface area contributed by atoms with E-state index < -0.39 is 37.8 Å². The molecule has 3 N–H and O–H groups in total. The highest BCUT2D eigenvalue weighted by Gasteiger charge is 2.31. The quantitative estimate of drug-likeness (QED) is 0.421. The monoisotopic (exact) mass is 338 g/mol. The van der Waals surface area contributed by atoms with Gasteiger partial charge in [0.15, 0.2) is 0 Å². The van der Waals surface area contributed by atoms with Crippen LogP contribution >= 0.6 is 7.44 Å². The van der Waals surface area contributed by atoms with Crippen LogP contribution in [0.3, 0.4) is 0 Å². The van der Waals surface area contributed by atoms with E-state index in [0.717, 1.165) is 0 Å². The first-order chi connectivity index (χ1) is 10.0. The van der Waals surface area contributed by atoms with E-state index in [0.29, 0.717) is 0 Å². The summed E-state index contributed by atoms with van der Waals surface area (Å²) in [7, 11) is -3.55. The van der Waals surface area contributed by atoms with Crippen LogP contribution in [0.25, 0.3) is 0 Å². The number of ether oxygens (including phenoxy) is 2. The molecule has 0 rings (SSSR count). The first kappa shape index (κ1) is 21.0. The van der Waals surface area contributed by atoms with E-state index in [9.17, 15) is 19.3 Å². The highest BCUT2D eigenvalue weighted by Crippen LogP contribution is 2.36. The molecule has 0 unspecified atom stereocenters. The molecule has 0 bridgehead atoms. The van der Waals surface area contributed by atoms with Gasteiger partial charge in [-0.25, -0.2) is 10.2 Å². The summed E-state index contributed by atoms with van der Waals surface area (Å²) in [6.07, 6.45) is -1.37. The van der Waals surface area contributed by atoms with Crippen LogP contribution < -0.4 is 10.2 Å². The molecule has 0 heterocycles. The summed E-state index contributed by atoms with van der Waals surface area (Å²) in [6.45, 7) is 9.70. The lowest BCUT2D eigenvalue weighted by Crippen LogP contribution is -2.43. The molecule has 9 heteroatoms. The molecule has 2 atom stereocenters. The molecule has 0 saturated heterocycles. The Morgan fingerprint density at radius 3 is 1.45 bits per heavy atom. The zero-order valence-electron chi connectivity index (χ0n) is 14.0. The van der Waals surface area contributed by atoms with E-state index >= 15 is 0 Å². The van der Waals surface area contributed by atoms with Gasteiger partial charge in [-0.2, -0.15) is 0 Å².